The highest BCUT2D eigenvalue weighted by Crippen LogP contribution is 2.35. The number of nitrogens with zero attached hydrogens (tertiary/aromatic N) is 1. The van der Waals surface area contributed by atoms with Crippen LogP contribution in [-0.2, 0) is 0 Å². The monoisotopic (exact) mass is 224 g/mol. The summed E-state index contributed by atoms with van der Waals surface area (Å²) in [6.45, 7) is 5.74. The molecule has 0 bridgehead atoms. The van der Waals surface area contributed by atoms with Gasteiger partial charge in [-0.3, -0.25) is 10.1 Å². The Balaban J connectivity index is 3.41. The fourth-order valence-corrected chi connectivity index (χ4v) is 1.56. The summed E-state index contributed by atoms with van der Waals surface area (Å²) in [5, 5.41) is 10.9. The molecule has 0 radical (unpaired) electrons. The number of ether oxygens (including phenoxy) is 1. The lowest BCUT2D eigenvalue weighted by atomic mass is 10.0. The number of nitro groups is 1. The Hall–Kier alpha value is -1.62. The van der Waals surface area contributed by atoms with E-state index in [2.05, 4.69) is 0 Å². The second kappa shape index (κ2) is 4.94. The standard InChI is InChI=1S/C11H16N2O3/c1-4-16-11-9(8(3)12)5-7(2)6-10(11)13(14)15/h5-6,8H,4,12H2,1-3H3. The van der Waals surface area contributed by atoms with Crippen molar-refractivity contribution in [3.8, 4) is 5.75 Å². The fraction of sp³-hybridized carbons (Fsp3) is 0.455. The SMILES string of the molecule is CCOc1c(C(C)N)cc(C)cc1[N+](=O)[O-]. The minimum absolute atomic E-state index is 0.0193. The molecule has 88 valence electrons. The van der Waals surface area contributed by atoms with Crippen molar-refractivity contribution in [3.63, 3.8) is 0 Å². The lowest BCUT2D eigenvalue weighted by Crippen LogP contribution is -2.10. The number of aryl methyl sites for hydroxylation is 1. The van der Waals surface area contributed by atoms with Gasteiger partial charge in [0.1, 0.15) is 0 Å². The van der Waals surface area contributed by atoms with Crippen molar-refractivity contribution < 1.29 is 9.66 Å². The highest BCUT2D eigenvalue weighted by Gasteiger charge is 2.21. The largest absolute Gasteiger partial charge is 0.487 e. The predicted molar refractivity (Wildman–Crippen MR) is 61.6 cm³/mol. The minimum Gasteiger partial charge on any atom is -0.487 e. The van der Waals surface area contributed by atoms with Gasteiger partial charge in [-0.1, -0.05) is 6.07 Å². The van der Waals surface area contributed by atoms with Crippen molar-refractivity contribution in [1.29, 1.82) is 0 Å². The summed E-state index contributed by atoms with van der Waals surface area (Å²) in [4.78, 5) is 10.5. The van der Waals surface area contributed by atoms with Gasteiger partial charge in [0.25, 0.3) is 0 Å². The fourth-order valence-electron chi connectivity index (χ4n) is 1.56. The van der Waals surface area contributed by atoms with E-state index >= 15 is 0 Å². The van der Waals surface area contributed by atoms with E-state index in [9.17, 15) is 10.1 Å². The summed E-state index contributed by atoms with van der Waals surface area (Å²) in [6.07, 6.45) is 0. The molecular weight excluding hydrogens is 208 g/mol. The summed E-state index contributed by atoms with van der Waals surface area (Å²) in [7, 11) is 0. The number of rotatable bonds is 4. The van der Waals surface area contributed by atoms with E-state index in [1.54, 1.807) is 20.8 Å². The van der Waals surface area contributed by atoms with Crippen molar-refractivity contribution >= 4 is 5.69 Å². The first-order valence-corrected chi connectivity index (χ1v) is 5.14. The van der Waals surface area contributed by atoms with E-state index in [1.165, 1.54) is 6.07 Å². The Morgan fingerprint density at radius 2 is 2.19 bits per heavy atom. The van der Waals surface area contributed by atoms with Crippen LogP contribution in [0.25, 0.3) is 0 Å². The molecule has 2 N–H and O–H groups in total. The molecule has 1 aromatic carbocycles. The number of benzene rings is 1. The van der Waals surface area contributed by atoms with Gasteiger partial charge >= 0.3 is 5.69 Å². The molecule has 16 heavy (non-hydrogen) atoms. The van der Waals surface area contributed by atoms with Crippen LogP contribution in [0.5, 0.6) is 5.75 Å². The molecule has 1 unspecified atom stereocenters. The van der Waals surface area contributed by atoms with Gasteiger partial charge in [-0.05, 0) is 26.3 Å². The number of nitrogens with two attached hydrogens (primary N) is 1. The van der Waals surface area contributed by atoms with Crippen LogP contribution < -0.4 is 10.5 Å². The molecule has 5 heteroatoms. The van der Waals surface area contributed by atoms with Gasteiger partial charge in [-0.2, -0.15) is 0 Å². The Morgan fingerprint density at radius 1 is 1.56 bits per heavy atom. The van der Waals surface area contributed by atoms with E-state index in [0.717, 1.165) is 5.56 Å². The molecule has 1 rings (SSSR count). The van der Waals surface area contributed by atoms with Gasteiger partial charge < -0.3 is 10.5 Å². The molecule has 0 aromatic heterocycles. The Morgan fingerprint density at radius 3 is 2.62 bits per heavy atom. The lowest BCUT2D eigenvalue weighted by Gasteiger charge is -2.14. The Bertz CT molecular complexity index is 402. The molecule has 0 saturated heterocycles. The third-order valence-corrected chi connectivity index (χ3v) is 2.22. The number of hydrogen-bond donors (Lipinski definition) is 1. The van der Waals surface area contributed by atoms with Gasteiger partial charge in [-0.25, -0.2) is 0 Å². The number of hydrogen-bond acceptors (Lipinski definition) is 4. The van der Waals surface area contributed by atoms with Crippen LogP contribution in [-0.4, -0.2) is 11.5 Å². The third kappa shape index (κ3) is 2.49. The molecule has 1 atom stereocenters. The smallest absolute Gasteiger partial charge is 0.311 e. The van der Waals surface area contributed by atoms with Crippen LogP contribution in [0, 0.1) is 17.0 Å². The zero-order valence-electron chi connectivity index (χ0n) is 9.69. The maximum atomic E-state index is 10.9. The molecule has 1 aromatic rings. The van der Waals surface area contributed by atoms with Crippen molar-refractivity contribution in [2.24, 2.45) is 5.73 Å². The summed E-state index contributed by atoms with van der Waals surface area (Å²) in [5.74, 6) is 0.285. The van der Waals surface area contributed by atoms with Crippen LogP contribution in [0.15, 0.2) is 12.1 Å². The molecule has 0 amide bonds. The summed E-state index contributed by atoms with van der Waals surface area (Å²) in [6, 6.07) is 3.03. The van der Waals surface area contributed by atoms with Crippen molar-refractivity contribution in [2.75, 3.05) is 6.61 Å². The summed E-state index contributed by atoms with van der Waals surface area (Å²) in [5.41, 5.74) is 7.24. The molecular formula is C11H16N2O3. The molecule has 0 fully saturated rings. The minimum atomic E-state index is -0.441. The first-order chi connectivity index (χ1) is 7.47. The molecule has 0 spiro atoms. The average molecular weight is 224 g/mol. The molecule has 0 saturated carbocycles. The quantitative estimate of drug-likeness (QED) is 0.628. The van der Waals surface area contributed by atoms with Crippen molar-refractivity contribution in [1.82, 2.24) is 0 Å². The van der Waals surface area contributed by atoms with Gasteiger partial charge in [-0.15, -0.1) is 0 Å². The van der Waals surface area contributed by atoms with Crippen LogP contribution in [0.2, 0.25) is 0 Å². The van der Waals surface area contributed by atoms with Gasteiger partial charge in [0.05, 0.1) is 11.5 Å². The maximum absolute atomic E-state index is 10.9. The highest BCUT2D eigenvalue weighted by molar-refractivity contribution is 5.55. The van der Waals surface area contributed by atoms with Gasteiger partial charge in [0.15, 0.2) is 0 Å². The first kappa shape index (κ1) is 12.4. The topological polar surface area (TPSA) is 78.4 Å². The van der Waals surface area contributed by atoms with Gasteiger partial charge in [0.2, 0.25) is 5.75 Å². The third-order valence-electron chi connectivity index (χ3n) is 2.22. The zero-order valence-corrected chi connectivity index (χ0v) is 9.69. The molecule has 0 aliphatic rings. The maximum Gasteiger partial charge on any atom is 0.311 e. The van der Waals surface area contributed by atoms with Gasteiger partial charge in [0, 0.05) is 17.7 Å². The molecule has 0 heterocycles. The molecule has 5 nitrogen and oxygen atoms in total. The average Bonchev–Trinajstić information content (AvgIpc) is 2.19. The van der Waals surface area contributed by atoms with E-state index in [-0.39, 0.29) is 17.5 Å². The number of nitro benzene ring substituents is 1. The van der Waals surface area contributed by atoms with Crippen molar-refractivity contribution in [2.45, 2.75) is 26.8 Å². The van der Waals surface area contributed by atoms with Crippen LogP contribution in [0.4, 0.5) is 5.69 Å². The summed E-state index contributed by atoms with van der Waals surface area (Å²) >= 11 is 0. The lowest BCUT2D eigenvalue weighted by molar-refractivity contribution is -0.386. The van der Waals surface area contributed by atoms with Crippen molar-refractivity contribution in [3.05, 3.63) is 33.4 Å². The van der Waals surface area contributed by atoms with E-state index in [4.69, 9.17) is 10.5 Å². The second-order valence-electron chi connectivity index (χ2n) is 3.68. The molecule has 0 aliphatic carbocycles. The predicted octanol–water partition coefficient (Wildman–Crippen LogP) is 2.32. The molecule has 0 aliphatic heterocycles. The Labute approximate surface area is 94.4 Å². The van der Waals surface area contributed by atoms with E-state index in [0.29, 0.717) is 12.2 Å². The van der Waals surface area contributed by atoms with Crippen LogP contribution in [0.1, 0.15) is 31.0 Å². The normalized spacial score (nSPS) is 12.2. The highest BCUT2D eigenvalue weighted by atomic mass is 16.6. The van der Waals surface area contributed by atoms with Crippen LogP contribution in [0.3, 0.4) is 0 Å². The Kier molecular flexibility index (Phi) is 3.84. The summed E-state index contributed by atoms with van der Waals surface area (Å²) < 4.78 is 5.32. The first-order valence-electron chi connectivity index (χ1n) is 5.14. The van der Waals surface area contributed by atoms with E-state index < -0.39 is 4.92 Å². The zero-order chi connectivity index (χ0) is 12.3. The second-order valence-corrected chi connectivity index (χ2v) is 3.68. The van der Waals surface area contributed by atoms with E-state index in [1.807, 2.05) is 6.07 Å². The van der Waals surface area contributed by atoms with Crippen LogP contribution >= 0.6 is 0 Å².